The molecule has 0 saturated heterocycles. The molecule has 9 heteroatoms. The molecule has 0 bridgehead atoms. The minimum absolute atomic E-state index is 0. The van der Waals surface area contributed by atoms with Gasteiger partial charge in [0.25, 0.3) is 0 Å². The molecule has 2 aromatic carbocycles. The van der Waals surface area contributed by atoms with Crippen LogP contribution in [-0.4, -0.2) is 33.4 Å². The number of hydrogen-bond acceptors (Lipinski definition) is 7. The van der Waals surface area contributed by atoms with Crippen molar-refractivity contribution in [2.75, 3.05) is 28.4 Å². The molecule has 0 atom stereocenters. The van der Waals surface area contributed by atoms with Crippen molar-refractivity contribution in [3.05, 3.63) is 53.1 Å². The molecule has 31 heavy (non-hydrogen) atoms. The molecule has 2 heterocycles. The Kier molecular flexibility index (Phi) is 6.64. The Balaban J connectivity index is 0.00000272. The number of rotatable bonds is 6. The van der Waals surface area contributed by atoms with Crippen LogP contribution in [0.15, 0.2) is 51.8 Å². The number of nitrogens with zero attached hydrogens (tertiary/aromatic N) is 2. The van der Waals surface area contributed by atoms with Gasteiger partial charge in [-0.05, 0) is 29.8 Å². The van der Waals surface area contributed by atoms with Crippen molar-refractivity contribution in [3.8, 4) is 45.4 Å². The van der Waals surface area contributed by atoms with E-state index in [2.05, 4.69) is 9.97 Å². The Morgan fingerprint density at radius 2 is 1.52 bits per heavy atom. The first-order chi connectivity index (χ1) is 14.6. The normalized spacial score (nSPS) is 10.5. The molecule has 4 rings (SSSR count). The van der Waals surface area contributed by atoms with E-state index < -0.39 is 5.69 Å². The number of methoxy groups -OCH3 is 4. The SMILES string of the molecule is COc1ccc(-c2c(-c3cc(OC)c(OC)c(OC)c3)oc3[n-]c(=O)ncc23)cc1.[Li+]. The van der Waals surface area contributed by atoms with Crippen molar-refractivity contribution < 1.29 is 42.2 Å². The van der Waals surface area contributed by atoms with Crippen LogP contribution in [0.3, 0.4) is 0 Å². The Bertz CT molecular complexity index is 1240. The van der Waals surface area contributed by atoms with Gasteiger partial charge in [0.15, 0.2) is 17.2 Å². The Morgan fingerprint density at radius 3 is 2.06 bits per heavy atom. The van der Waals surface area contributed by atoms with Crippen molar-refractivity contribution in [1.29, 1.82) is 0 Å². The predicted octanol–water partition coefficient (Wildman–Crippen LogP) is 0.518. The third kappa shape index (κ3) is 4.00. The van der Waals surface area contributed by atoms with Crippen molar-refractivity contribution in [1.82, 2.24) is 9.97 Å². The maximum Gasteiger partial charge on any atom is 1.00 e. The fourth-order valence-electron chi connectivity index (χ4n) is 3.33. The Hall–Kier alpha value is -3.34. The van der Waals surface area contributed by atoms with Crippen molar-refractivity contribution in [2.24, 2.45) is 0 Å². The fourth-order valence-corrected chi connectivity index (χ4v) is 3.33. The molecule has 0 fully saturated rings. The fraction of sp³-hybridized carbons (Fsp3) is 0.182. The van der Waals surface area contributed by atoms with E-state index in [1.54, 1.807) is 33.5 Å². The minimum Gasteiger partial charge on any atom is -0.497 e. The van der Waals surface area contributed by atoms with Gasteiger partial charge in [-0.2, -0.15) is 0 Å². The van der Waals surface area contributed by atoms with E-state index in [-0.39, 0.29) is 24.6 Å². The van der Waals surface area contributed by atoms with Gasteiger partial charge < -0.3 is 33.3 Å². The number of furan rings is 1. The second kappa shape index (κ2) is 9.21. The summed E-state index contributed by atoms with van der Waals surface area (Å²) < 4.78 is 27.6. The molecule has 2 aromatic heterocycles. The zero-order valence-electron chi connectivity index (χ0n) is 17.9. The summed E-state index contributed by atoms with van der Waals surface area (Å²) in [6.45, 7) is 0. The third-order valence-corrected chi connectivity index (χ3v) is 4.73. The first-order valence-corrected chi connectivity index (χ1v) is 9.01. The van der Waals surface area contributed by atoms with Crippen molar-refractivity contribution in [2.45, 2.75) is 0 Å². The van der Waals surface area contributed by atoms with E-state index in [9.17, 15) is 4.79 Å². The standard InChI is InChI=1S/C22H20N2O6.Li/c1-26-14-7-5-12(6-8-14)18-15-11-23-22(25)24-21(15)30-19(18)13-9-16(27-2)20(29-4)17(10-13)28-3;/h5-11H,1-4H3,(H,23,24,25);/q;+1/p-1. The smallest absolute Gasteiger partial charge is 0.497 e. The number of hydrogen-bond donors (Lipinski definition) is 0. The maximum absolute atomic E-state index is 11.7. The third-order valence-electron chi connectivity index (χ3n) is 4.73. The molecule has 0 spiro atoms. The van der Waals surface area contributed by atoms with Gasteiger partial charge in [-0.25, -0.2) is 0 Å². The van der Waals surface area contributed by atoms with Crippen LogP contribution in [0.5, 0.6) is 23.0 Å². The predicted molar refractivity (Wildman–Crippen MR) is 111 cm³/mol. The van der Waals surface area contributed by atoms with Gasteiger partial charge in [0, 0.05) is 16.5 Å². The van der Waals surface area contributed by atoms with E-state index >= 15 is 0 Å². The largest absolute Gasteiger partial charge is 1.00 e. The zero-order chi connectivity index (χ0) is 21.3. The van der Waals surface area contributed by atoms with Crippen LogP contribution < -0.4 is 48.5 Å². The quantitative estimate of drug-likeness (QED) is 0.422. The first-order valence-electron chi connectivity index (χ1n) is 9.01. The molecule has 0 radical (unpaired) electrons. The summed E-state index contributed by atoms with van der Waals surface area (Å²) in [6, 6.07) is 11.0. The van der Waals surface area contributed by atoms with E-state index in [0.717, 1.165) is 16.9 Å². The van der Waals surface area contributed by atoms with Gasteiger partial charge in [-0.1, -0.05) is 18.3 Å². The van der Waals surface area contributed by atoms with E-state index in [4.69, 9.17) is 23.4 Å². The van der Waals surface area contributed by atoms with Crippen LogP contribution in [0.25, 0.3) is 33.6 Å². The van der Waals surface area contributed by atoms with Crippen LogP contribution in [-0.2, 0) is 0 Å². The number of fused-ring (bicyclic) bond motifs is 1. The number of aromatic nitrogens is 2. The first kappa shape index (κ1) is 22.3. The summed E-state index contributed by atoms with van der Waals surface area (Å²) in [4.78, 5) is 19.4. The summed E-state index contributed by atoms with van der Waals surface area (Å²) in [7, 11) is 6.22. The van der Waals surface area contributed by atoms with Crippen LogP contribution in [0, 0.1) is 0 Å². The Labute approximate surface area is 190 Å². The molecule has 0 aliphatic carbocycles. The number of benzene rings is 2. The van der Waals surface area contributed by atoms with Crippen molar-refractivity contribution >= 4 is 11.1 Å². The molecular weight excluding hydrogens is 395 g/mol. The average molecular weight is 414 g/mol. The van der Waals surface area contributed by atoms with Crippen LogP contribution in [0.4, 0.5) is 0 Å². The topological polar surface area (TPSA) is 94.1 Å². The molecule has 154 valence electrons. The summed E-state index contributed by atoms with van der Waals surface area (Å²) in [5.41, 5.74) is 1.83. The summed E-state index contributed by atoms with van der Waals surface area (Å²) >= 11 is 0. The van der Waals surface area contributed by atoms with Gasteiger partial charge in [0.2, 0.25) is 5.75 Å². The zero-order valence-corrected chi connectivity index (χ0v) is 17.9. The van der Waals surface area contributed by atoms with Gasteiger partial charge in [-0.3, -0.25) is 4.79 Å². The summed E-state index contributed by atoms with van der Waals surface area (Å²) in [5, 5.41) is 0.614. The van der Waals surface area contributed by atoms with Gasteiger partial charge in [0.05, 0.1) is 28.4 Å². The maximum atomic E-state index is 11.7. The van der Waals surface area contributed by atoms with Crippen LogP contribution >= 0.6 is 0 Å². The second-order valence-corrected chi connectivity index (χ2v) is 6.32. The van der Waals surface area contributed by atoms with Gasteiger partial charge in [-0.15, -0.1) is 0 Å². The molecule has 0 N–H and O–H groups in total. The molecule has 0 aliphatic rings. The molecule has 0 unspecified atom stereocenters. The van der Waals surface area contributed by atoms with Gasteiger partial charge in [0.1, 0.15) is 17.2 Å². The van der Waals surface area contributed by atoms with Crippen molar-refractivity contribution in [3.63, 3.8) is 0 Å². The van der Waals surface area contributed by atoms with E-state index in [1.807, 2.05) is 24.3 Å². The van der Waals surface area contributed by atoms with E-state index in [0.29, 0.717) is 34.0 Å². The molecule has 0 saturated carbocycles. The van der Waals surface area contributed by atoms with Crippen LogP contribution in [0.1, 0.15) is 0 Å². The average Bonchev–Trinajstić information content (AvgIpc) is 3.16. The minimum atomic E-state index is -0.617. The van der Waals surface area contributed by atoms with Crippen LogP contribution in [0.2, 0.25) is 0 Å². The molecule has 4 aromatic rings. The molecule has 0 amide bonds. The van der Waals surface area contributed by atoms with E-state index in [1.165, 1.54) is 13.3 Å². The second-order valence-electron chi connectivity index (χ2n) is 6.32. The van der Waals surface area contributed by atoms with Gasteiger partial charge >= 0.3 is 18.9 Å². The molecule has 8 nitrogen and oxygen atoms in total. The summed E-state index contributed by atoms with van der Waals surface area (Å²) in [6.07, 6.45) is 1.47. The molecule has 0 aliphatic heterocycles. The Morgan fingerprint density at radius 1 is 0.871 bits per heavy atom. The monoisotopic (exact) mass is 414 g/mol. The molecular formula is C22H19LiN2O6. The summed E-state index contributed by atoms with van der Waals surface area (Å²) in [5.74, 6) is 2.63. The number of ether oxygens (including phenoxy) is 4.